The lowest BCUT2D eigenvalue weighted by atomic mass is 10.1. The van der Waals surface area contributed by atoms with E-state index in [9.17, 15) is 9.59 Å². The molecular weight excluding hydrogens is 300 g/mol. The fourth-order valence-electron chi connectivity index (χ4n) is 3.24. The van der Waals surface area contributed by atoms with Gasteiger partial charge in [-0.1, -0.05) is 50.1 Å². The summed E-state index contributed by atoms with van der Waals surface area (Å²) >= 11 is 0. The molecule has 24 heavy (non-hydrogen) atoms. The van der Waals surface area contributed by atoms with Gasteiger partial charge in [-0.2, -0.15) is 0 Å². The van der Waals surface area contributed by atoms with Crippen LogP contribution < -0.4 is 0 Å². The summed E-state index contributed by atoms with van der Waals surface area (Å²) in [4.78, 5) is 28.9. The van der Waals surface area contributed by atoms with Crippen molar-refractivity contribution in [2.45, 2.75) is 59.0 Å². The lowest BCUT2D eigenvalue weighted by molar-refractivity contribution is -0.138. The molecule has 1 saturated heterocycles. The van der Waals surface area contributed by atoms with Gasteiger partial charge >= 0.3 is 0 Å². The van der Waals surface area contributed by atoms with Crippen molar-refractivity contribution in [3.05, 3.63) is 35.9 Å². The summed E-state index contributed by atoms with van der Waals surface area (Å²) in [5.74, 6) is 0.0540. The molecule has 1 fully saturated rings. The van der Waals surface area contributed by atoms with Crippen molar-refractivity contribution in [3.8, 4) is 0 Å². The Kier molecular flexibility index (Phi) is 6.83. The van der Waals surface area contributed by atoms with Crippen LogP contribution in [-0.2, 0) is 16.1 Å². The summed E-state index contributed by atoms with van der Waals surface area (Å²) < 4.78 is 0. The normalized spacial score (nSPS) is 17.6. The third kappa shape index (κ3) is 4.83. The van der Waals surface area contributed by atoms with Crippen molar-refractivity contribution in [1.29, 1.82) is 0 Å². The fourth-order valence-corrected chi connectivity index (χ4v) is 3.24. The number of hydrogen-bond donors (Lipinski definition) is 0. The second-order valence-electron chi connectivity index (χ2n) is 6.99. The number of carbonyl (C=O) groups is 2. The van der Waals surface area contributed by atoms with Gasteiger partial charge in [-0.15, -0.1) is 0 Å². The summed E-state index contributed by atoms with van der Waals surface area (Å²) in [5.41, 5.74) is 1.13. The second-order valence-corrected chi connectivity index (χ2v) is 6.99. The lowest BCUT2D eigenvalue weighted by Crippen LogP contribution is -2.41. The van der Waals surface area contributed by atoms with Crippen LogP contribution in [0.15, 0.2) is 30.3 Å². The molecule has 4 heteroatoms. The van der Waals surface area contributed by atoms with E-state index in [1.54, 1.807) is 0 Å². The van der Waals surface area contributed by atoms with E-state index in [1.807, 2.05) is 54.0 Å². The van der Waals surface area contributed by atoms with Gasteiger partial charge in [-0.05, 0) is 25.8 Å². The van der Waals surface area contributed by atoms with Gasteiger partial charge in [-0.3, -0.25) is 9.59 Å². The molecule has 4 nitrogen and oxygen atoms in total. The Morgan fingerprint density at radius 3 is 2.58 bits per heavy atom. The average Bonchev–Trinajstić information content (AvgIpc) is 2.94. The van der Waals surface area contributed by atoms with E-state index < -0.39 is 0 Å². The van der Waals surface area contributed by atoms with Gasteiger partial charge in [0.1, 0.15) is 0 Å². The molecule has 0 N–H and O–H groups in total. The highest BCUT2D eigenvalue weighted by molar-refractivity contribution is 5.89. The Balaban J connectivity index is 1.98. The van der Waals surface area contributed by atoms with Gasteiger partial charge in [0, 0.05) is 32.1 Å². The van der Waals surface area contributed by atoms with Crippen LogP contribution in [0.4, 0.5) is 0 Å². The van der Waals surface area contributed by atoms with E-state index in [-0.39, 0.29) is 23.8 Å². The molecule has 2 rings (SSSR count). The van der Waals surface area contributed by atoms with Crippen molar-refractivity contribution in [2.24, 2.45) is 5.92 Å². The van der Waals surface area contributed by atoms with Gasteiger partial charge in [-0.25, -0.2) is 0 Å². The molecule has 1 aromatic rings. The maximum absolute atomic E-state index is 13.0. The zero-order valence-electron chi connectivity index (χ0n) is 15.2. The first-order chi connectivity index (χ1) is 11.5. The van der Waals surface area contributed by atoms with Crippen LogP contribution in [0, 0.1) is 5.92 Å². The number of nitrogens with zero attached hydrogens (tertiary/aromatic N) is 2. The summed E-state index contributed by atoms with van der Waals surface area (Å²) in [6.45, 7) is 8.21. The fraction of sp³-hybridized carbons (Fsp3) is 0.600. The first kappa shape index (κ1) is 18.5. The van der Waals surface area contributed by atoms with Gasteiger partial charge in [0.15, 0.2) is 0 Å². The van der Waals surface area contributed by atoms with Gasteiger partial charge in [0.05, 0.1) is 5.92 Å². The maximum Gasteiger partial charge on any atom is 0.228 e. The summed E-state index contributed by atoms with van der Waals surface area (Å²) in [6.07, 6.45) is 3.67. The number of likely N-dealkylation sites (tertiary alicyclic amines) is 1. The zero-order valence-corrected chi connectivity index (χ0v) is 15.2. The molecule has 0 bridgehead atoms. The Morgan fingerprint density at radius 2 is 1.96 bits per heavy atom. The molecule has 0 saturated carbocycles. The van der Waals surface area contributed by atoms with Crippen molar-refractivity contribution >= 4 is 11.8 Å². The van der Waals surface area contributed by atoms with E-state index in [2.05, 4.69) is 6.92 Å². The Morgan fingerprint density at radius 1 is 1.25 bits per heavy atom. The van der Waals surface area contributed by atoms with Gasteiger partial charge < -0.3 is 9.80 Å². The molecule has 0 radical (unpaired) electrons. The predicted octanol–water partition coefficient (Wildman–Crippen LogP) is 3.46. The van der Waals surface area contributed by atoms with Crippen LogP contribution >= 0.6 is 0 Å². The number of carbonyl (C=O) groups excluding carboxylic acids is 2. The van der Waals surface area contributed by atoms with Gasteiger partial charge in [0.25, 0.3) is 0 Å². The van der Waals surface area contributed by atoms with E-state index in [1.165, 1.54) is 0 Å². The highest BCUT2D eigenvalue weighted by Crippen LogP contribution is 2.23. The summed E-state index contributed by atoms with van der Waals surface area (Å²) in [7, 11) is 0. The largest absolute Gasteiger partial charge is 0.342 e. The monoisotopic (exact) mass is 330 g/mol. The first-order valence-electron chi connectivity index (χ1n) is 9.15. The predicted molar refractivity (Wildman–Crippen MR) is 96.3 cm³/mol. The number of benzene rings is 1. The molecule has 0 spiro atoms. The van der Waals surface area contributed by atoms with E-state index >= 15 is 0 Å². The second kappa shape index (κ2) is 8.86. The van der Waals surface area contributed by atoms with Crippen LogP contribution in [0.5, 0.6) is 0 Å². The Bertz CT molecular complexity index is 542. The topological polar surface area (TPSA) is 40.6 Å². The highest BCUT2D eigenvalue weighted by Gasteiger charge is 2.36. The SMILES string of the molecule is CCCCCN1CC(C(=O)N(Cc2ccccc2)C(C)C)CC1=O. The van der Waals surface area contributed by atoms with Crippen molar-refractivity contribution in [2.75, 3.05) is 13.1 Å². The molecule has 1 aromatic carbocycles. The quantitative estimate of drug-likeness (QED) is 0.685. The zero-order chi connectivity index (χ0) is 17.5. The molecule has 0 aromatic heterocycles. The maximum atomic E-state index is 13.0. The van der Waals surface area contributed by atoms with E-state index in [0.717, 1.165) is 31.4 Å². The van der Waals surface area contributed by atoms with Crippen molar-refractivity contribution in [3.63, 3.8) is 0 Å². The van der Waals surface area contributed by atoms with Crippen LogP contribution in [0.1, 0.15) is 52.0 Å². The third-order valence-corrected chi connectivity index (χ3v) is 4.70. The minimum atomic E-state index is -0.190. The number of hydrogen-bond acceptors (Lipinski definition) is 2. The van der Waals surface area contributed by atoms with Crippen LogP contribution in [-0.4, -0.2) is 40.7 Å². The molecule has 2 amide bonds. The molecule has 1 heterocycles. The third-order valence-electron chi connectivity index (χ3n) is 4.70. The molecular formula is C20H30N2O2. The van der Waals surface area contributed by atoms with Gasteiger partial charge in [0.2, 0.25) is 11.8 Å². The Hall–Kier alpha value is -1.84. The molecule has 132 valence electrons. The lowest BCUT2D eigenvalue weighted by Gasteiger charge is -2.29. The smallest absolute Gasteiger partial charge is 0.228 e. The molecule has 1 aliphatic rings. The van der Waals surface area contributed by atoms with Crippen molar-refractivity contribution in [1.82, 2.24) is 9.80 Å². The minimum absolute atomic E-state index is 0.111. The van der Waals surface area contributed by atoms with E-state index in [0.29, 0.717) is 19.5 Å². The summed E-state index contributed by atoms with van der Waals surface area (Å²) in [6, 6.07) is 10.2. The number of unbranched alkanes of at least 4 members (excludes halogenated alkanes) is 2. The number of amides is 2. The molecule has 1 atom stereocenters. The van der Waals surface area contributed by atoms with Crippen LogP contribution in [0.25, 0.3) is 0 Å². The highest BCUT2D eigenvalue weighted by atomic mass is 16.2. The summed E-state index contributed by atoms with van der Waals surface area (Å²) in [5, 5.41) is 0. The first-order valence-corrected chi connectivity index (χ1v) is 9.15. The molecule has 1 aliphatic heterocycles. The van der Waals surface area contributed by atoms with E-state index in [4.69, 9.17) is 0 Å². The van der Waals surface area contributed by atoms with Crippen molar-refractivity contribution < 1.29 is 9.59 Å². The standard InChI is InChI=1S/C20H30N2O2/c1-4-5-9-12-21-15-18(13-19(21)23)20(24)22(16(2)3)14-17-10-7-6-8-11-17/h6-8,10-11,16,18H,4-5,9,12-15H2,1-3H3. The molecule has 0 aliphatic carbocycles. The average molecular weight is 330 g/mol. The Labute approximate surface area is 145 Å². The molecule has 1 unspecified atom stereocenters. The minimum Gasteiger partial charge on any atom is -0.342 e. The number of rotatable bonds is 8. The van der Waals surface area contributed by atoms with Crippen LogP contribution in [0.2, 0.25) is 0 Å². The van der Waals surface area contributed by atoms with Crippen LogP contribution in [0.3, 0.4) is 0 Å².